The Bertz CT molecular complexity index is 3160. The molecular weight excluding hydrogens is 757 g/mol. The minimum Gasteiger partial charge on any atom is -0.456 e. The first kappa shape index (κ1) is 36.7. The summed E-state index contributed by atoms with van der Waals surface area (Å²) in [6.45, 7) is 0. The van der Waals surface area contributed by atoms with E-state index in [1.807, 2.05) is 72.8 Å². The van der Waals surface area contributed by atoms with Gasteiger partial charge in [0.25, 0.3) is 0 Å². The second kappa shape index (κ2) is 16.0. The Morgan fingerprint density at radius 2 is 0.677 bits per heavy atom. The van der Waals surface area contributed by atoms with Crippen LogP contribution in [-0.2, 0) is 0 Å². The van der Waals surface area contributed by atoms with E-state index in [0.29, 0.717) is 17.5 Å². The van der Waals surface area contributed by atoms with Gasteiger partial charge in [-0.05, 0) is 88.0 Å². The lowest BCUT2D eigenvalue weighted by Crippen LogP contribution is -2.09. The smallest absolute Gasteiger partial charge is 0.164 e. The van der Waals surface area contributed by atoms with Crippen LogP contribution < -0.4 is 4.90 Å². The third kappa shape index (κ3) is 7.08. The summed E-state index contributed by atoms with van der Waals surface area (Å²) in [6, 6.07) is 80.1. The van der Waals surface area contributed by atoms with Crippen molar-refractivity contribution in [1.29, 1.82) is 0 Å². The molecule has 0 bridgehead atoms. The van der Waals surface area contributed by atoms with Gasteiger partial charge in [0, 0.05) is 44.5 Å². The van der Waals surface area contributed by atoms with Crippen molar-refractivity contribution in [3.8, 4) is 67.5 Å². The maximum Gasteiger partial charge on any atom is 0.164 e. The summed E-state index contributed by atoms with van der Waals surface area (Å²) >= 11 is 0. The molecule has 5 nitrogen and oxygen atoms in total. The highest BCUT2D eigenvalue weighted by molar-refractivity contribution is 6.12. The standard InChI is InChI=1S/C57H38N4O/c1-5-14-39(15-6-1)41-24-31-47(32-25-41)61(48-33-26-42(27-34-48)40-16-7-2-8-17-40)49-35-28-43(29-36-49)46-30-37-52-51(38-46)54-50(22-13-23-53(54)62-52)57-59-55(44-18-9-3-10-19-44)58-56(60-57)45-20-11-4-12-21-45/h1-38H. The lowest BCUT2D eigenvalue weighted by atomic mass is 10.00. The van der Waals surface area contributed by atoms with E-state index >= 15 is 0 Å². The van der Waals surface area contributed by atoms with Crippen molar-refractivity contribution in [2.45, 2.75) is 0 Å². The van der Waals surface area contributed by atoms with Gasteiger partial charge >= 0.3 is 0 Å². The molecule has 0 amide bonds. The van der Waals surface area contributed by atoms with Crippen molar-refractivity contribution in [3.05, 3.63) is 231 Å². The molecule has 0 spiro atoms. The lowest BCUT2D eigenvalue weighted by Gasteiger charge is -2.26. The monoisotopic (exact) mass is 794 g/mol. The summed E-state index contributed by atoms with van der Waals surface area (Å²) in [6.07, 6.45) is 0. The van der Waals surface area contributed by atoms with Gasteiger partial charge in [0.2, 0.25) is 0 Å². The molecule has 5 heteroatoms. The van der Waals surface area contributed by atoms with Gasteiger partial charge in [-0.25, -0.2) is 15.0 Å². The summed E-state index contributed by atoms with van der Waals surface area (Å²) in [7, 11) is 0. The predicted molar refractivity (Wildman–Crippen MR) is 254 cm³/mol. The van der Waals surface area contributed by atoms with Crippen LogP contribution in [0.3, 0.4) is 0 Å². The molecule has 2 aromatic heterocycles. The molecule has 11 rings (SSSR count). The van der Waals surface area contributed by atoms with E-state index in [9.17, 15) is 0 Å². The van der Waals surface area contributed by atoms with Gasteiger partial charge in [-0.1, -0.05) is 176 Å². The summed E-state index contributed by atoms with van der Waals surface area (Å²) in [5.74, 6) is 1.83. The maximum absolute atomic E-state index is 6.48. The van der Waals surface area contributed by atoms with Crippen molar-refractivity contribution < 1.29 is 4.42 Å². The van der Waals surface area contributed by atoms with Crippen LogP contribution in [0, 0.1) is 0 Å². The number of fused-ring (bicyclic) bond motifs is 3. The number of anilines is 3. The van der Waals surface area contributed by atoms with Crippen LogP contribution in [0.5, 0.6) is 0 Å². The molecular formula is C57H38N4O. The van der Waals surface area contributed by atoms with Crippen molar-refractivity contribution in [1.82, 2.24) is 15.0 Å². The number of nitrogens with zero attached hydrogens (tertiary/aromatic N) is 4. The highest BCUT2D eigenvalue weighted by Gasteiger charge is 2.19. The second-order valence-corrected chi connectivity index (χ2v) is 15.2. The van der Waals surface area contributed by atoms with Crippen molar-refractivity contribution in [3.63, 3.8) is 0 Å². The van der Waals surface area contributed by atoms with Crippen molar-refractivity contribution in [2.75, 3.05) is 4.90 Å². The van der Waals surface area contributed by atoms with E-state index in [0.717, 1.165) is 66.8 Å². The fourth-order valence-corrected chi connectivity index (χ4v) is 8.24. The average molecular weight is 795 g/mol. The Labute approximate surface area is 359 Å². The van der Waals surface area contributed by atoms with Gasteiger partial charge in [-0.15, -0.1) is 0 Å². The molecule has 292 valence electrons. The van der Waals surface area contributed by atoms with Crippen LogP contribution in [-0.4, -0.2) is 15.0 Å². The summed E-state index contributed by atoms with van der Waals surface area (Å²) in [5, 5.41) is 1.97. The minimum absolute atomic E-state index is 0.592. The van der Waals surface area contributed by atoms with Crippen molar-refractivity contribution in [2.24, 2.45) is 0 Å². The molecule has 0 aliphatic rings. The van der Waals surface area contributed by atoms with Gasteiger partial charge < -0.3 is 9.32 Å². The van der Waals surface area contributed by atoms with Gasteiger partial charge in [0.1, 0.15) is 11.2 Å². The molecule has 2 heterocycles. The first-order valence-electron chi connectivity index (χ1n) is 20.8. The van der Waals surface area contributed by atoms with E-state index in [1.165, 1.54) is 22.3 Å². The number of furan rings is 1. The van der Waals surface area contributed by atoms with Crippen LogP contribution >= 0.6 is 0 Å². The zero-order chi connectivity index (χ0) is 41.2. The molecule has 0 unspecified atom stereocenters. The average Bonchev–Trinajstić information content (AvgIpc) is 3.74. The lowest BCUT2D eigenvalue weighted by molar-refractivity contribution is 0.669. The Kier molecular flexibility index (Phi) is 9.45. The first-order valence-corrected chi connectivity index (χ1v) is 20.8. The van der Waals surface area contributed by atoms with Crippen LogP contribution in [0.15, 0.2) is 235 Å². The second-order valence-electron chi connectivity index (χ2n) is 15.2. The van der Waals surface area contributed by atoms with Gasteiger partial charge in [-0.2, -0.15) is 0 Å². The molecule has 0 atom stereocenters. The van der Waals surface area contributed by atoms with E-state index in [2.05, 4.69) is 163 Å². The molecule has 0 saturated heterocycles. The number of rotatable bonds is 9. The van der Waals surface area contributed by atoms with Crippen LogP contribution in [0.25, 0.3) is 89.5 Å². The predicted octanol–water partition coefficient (Wildman–Crippen LogP) is 15.2. The fraction of sp³-hybridized carbons (Fsp3) is 0. The van der Waals surface area contributed by atoms with E-state index in [-0.39, 0.29) is 0 Å². The summed E-state index contributed by atoms with van der Waals surface area (Å²) in [5.41, 5.74) is 14.5. The first-order chi connectivity index (χ1) is 30.7. The SMILES string of the molecule is c1ccc(-c2ccc(N(c3ccc(-c4ccccc4)cc3)c3ccc(-c4ccc5oc6cccc(-c7nc(-c8ccccc8)nc(-c8ccccc8)n7)c6c5c4)cc3)cc2)cc1. The number of aromatic nitrogens is 3. The number of hydrogen-bond acceptors (Lipinski definition) is 5. The van der Waals surface area contributed by atoms with Gasteiger partial charge in [-0.3, -0.25) is 0 Å². The highest BCUT2D eigenvalue weighted by Crippen LogP contribution is 2.41. The quantitative estimate of drug-likeness (QED) is 0.146. The molecule has 0 radical (unpaired) electrons. The Balaban J connectivity index is 0.981. The largest absolute Gasteiger partial charge is 0.456 e. The van der Waals surface area contributed by atoms with Crippen LogP contribution in [0.1, 0.15) is 0 Å². The summed E-state index contributed by atoms with van der Waals surface area (Å²) < 4.78 is 6.48. The normalized spacial score (nSPS) is 11.2. The minimum atomic E-state index is 0.592. The molecule has 62 heavy (non-hydrogen) atoms. The Hall–Kier alpha value is -8.41. The van der Waals surface area contributed by atoms with Crippen molar-refractivity contribution >= 4 is 39.0 Å². The van der Waals surface area contributed by atoms with E-state index in [4.69, 9.17) is 19.4 Å². The molecule has 0 aliphatic heterocycles. The topological polar surface area (TPSA) is 55.1 Å². The van der Waals surface area contributed by atoms with Gasteiger partial charge in [0.15, 0.2) is 17.5 Å². The third-order valence-electron chi connectivity index (χ3n) is 11.4. The van der Waals surface area contributed by atoms with Crippen LogP contribution in [0.4, 0.5) is 17.1 Å². The third-order valence-corrected chi connectivity index (χ3v) is 11.4. The zero-order valence-corrected chi connectivity index (χ0v) is 33.6. The molecule has 9 aromatic carbocycles. The molecule has 0 N–H and O–H groups in total. The van der Waals surface area contributed by atoms with Gasteiger partial charge in [0.05, 0.1) is 0 Å². The zero-order valence-electron chi connectivity index (χ0n) is 33.6. The number of benzene rings is 9. The molecule has 0 fully saturated rings. The maximum atomic E-state index is 6.48. The molecule has 11 aromatic rings. The summed E-state index contributed by atoms with van der Waals surface area (Å²) in [4.78, 5) is 17.4. The number of hydrogen-bond donors (Lipinski definition) is 0. The molecule has 0 aliphatic carbocycles. The molecule has 0 saturated carbocycles. The highest BCUT2D eigenvalue weighted by atomic mass is 16.3. The Morgan fingerprint density at radius 1 is 0.290 bits per heavy atom. The van der Waals surface area contributed by atoms with E-state index in [1.54, 1.807) is 0 Å². The Morgan fingerprint density at radius 3 is 1.15 bits per heavy atom. The van der Waals surface area contributed by atoms with Crippen LogP contribution in [0.2, 0.25) is 0 Å². The fourth-order valence-electron chi connectivity index (χ4n) is 8.24. The van der Waals surface area contributed by atoms with E-state index < -0.39 is 0 Å².